The normalized spacial score (nSPS) is 14.7. The van der Waals surface area contributed by atoms with Gasteiger partial charge in [-0.3, -0.25) is 9.59 Å². The second-order valence-electron chi connectivity index (χ2n) is 12.2. The van der Waals surface area contributed by atoms with Crippen LogP contribution in [-0.4, -0.2) is 39.9 Å². The molecule has 260 valence electrons. The van der Waals surface area contributed by atoms with E-state index in [0.717, 1.165) is 28.8 Å². The van der Waals surface area contributed by atoms with Crippen LogP contribution in [0.4, 0.5) is 13.2 Å². The highest BCUT2D eigenvalue weighted by atomic mass is 35.5. The predicted molar refractivity (Wildman–Crippen MR) is 186 cm³/mol. The maximum atomic E-state index is 13.9. The van der Waals surface area contributed by atoms with Gasteiger partial charge in [0.15, 0.2) is 0 Å². The van der Waals surface area contributed by atoms with Gasteiger partial charge in [-0.05, 0) is 81.9 Å². The SMILES string of the molecule is O=C(O)[C@H](Cc1ccc(-c2ccccc2)cc1)NC(=O)[C@@H]1Cc2ccc(OCc3ccc(C(F)(F)F)cc3)cc2CN1C(=O)c1ccc(Cl)cc1. The summed E-state index contributed by atoms with van der Waals surface area (Å²) in [6.07, 6.45) is -4.30. The molecule has 1 aliphatic rings. The van der Waals surface area contributed by atoms with E-state index >= 15 is 0 Å². The van der Waals surface area contributed by atoms with Gasteiger partial charge in [-0.1, -0.05) is 84.4 Å². The summed E-state index contributed by atoms with van der Waals surface area (Å²) >= 11 is 6.05. The summed E-state index contributed by atoms with van der Waals surface area (Å²) in [6.45, 7) is 0.0337. The van der Waals surface area contributed by atoms with Gasteiger partial charge in [0.05, 0.1) is 5.56 Å². The van der Waals surface area contributed by atoms with Crippen molar-refractivity contribution in [3.05, 3.63) is 160 Å². The number of alkyl halides is 3. The highest BCUT2D eigenvalue weighted by Crippen LogP contribution is 2.31. The number of fused-ring (bicyclic) bond motifs is 1. The Labute approximate surface area is 297 Å². The Morgan fingerprint density at radius 1 is 0.824 bits per heavy atom. The number of aliphatic carboxylic acids is 1. The zero-order chi connectivity index (χ0) is 36.1. The number of hydrogen-bond acceptors (Lipinski definition) is 4. The first kappa shape index (κ1) is 35.2. The Morgan fingerprint density at radius 3 is 2.12 bits per heavy atom. The van der Waals surface area contributed by atoms with Crippen molar-refractivity contribution in [1.29, 1.82) is 0 Å². The predicted octanol–water partition coefficient (Wildman–Crippen LogP) is 7.98. The number of nitrogens with one attached hydrogen (secondary N) is 1. The number of nitrogens with zero attached hydrogens (tertiary/aromatic N) is 1. The average molecular weight is 713 g/mol. The zero-order valence-electron chi connectivity index (χ0n) is 27.1. The number of carboxylic acids is 1. The summed E-state index contributed by atoms with van der Waals surface area (Å²) in [6, 6.07) is 31.0. The van der Waals surface area contributed by atoms with E-state index in [2.05, 4.69) is 5.32 Å². The Morgan fingerprint density at radius 2 is 1.47 bits per heavy atom. The quantitative estimate of drug-likeness (QED) is 0.153. The lowest BCUT2D eigenvalue weighted by molar-refractivity contribution is -0.142. The summed E-state index contributed by atoms with van der Waals surface area (Å²) in [7, 11) is 0. The molecule has 0 spiro atoms. The lowest BCUT2D eigenvalue weighted by Crippen LogP contribution is -2.55. The van der Waals surface area contributed by atoms with Crippen LogP contribution in [0.2, 0.25) is 5.02 Å². The number of benzene rings is 5. The monoisotopic (exact) mass is 712 g/mol. The van der Waals surface area contributed by atoms with Crippen LogP contribution in [0.3, 0.4) is 0 Å². The number of rotatable bonds is 10. The van der Waals surface area contributed by atoms with E-state index in [4.69, 9.17) is 16.3 Å². The number of carboxylic acid groups (broad SMARTS) is 1. The number of hydrogen-bond donors (Lipinski definition) is 2. The molecule has 0 radical (unpaired) electrons. The van der Waals surface area contributed by atoms with E-state index in [9.17, 15) is 32.7 Å². The highest BCUT2D eigenvalue weighted by molar-refractivity contribution is 6.30. The molecule has 1 aliphatic heterocycles. The molecular weight excluding hydrogens is 681 g/mol. The molecule has 1 heterocycles. The van der Waals surface area contributed by atoms with Crippen LogP contribution >= 0.6 is 11.6 Å². The molecule has 51 heavy (non-hydrogen) atoms. The van der Waals surface area contributed by atoms with Crippen LogP contribution in [0.25, 0.3) is 11.1 Å². The number of amides is 2. The second-order valence-corrected chi connectivity index (χ2v) is 12.7. The third-order valence-corrected chi connectivity index (χ3v) is 9.02. The molecular formula is C40H32ClF3N2O5. The van der Waals surface area contributed by atoms with Crippen molar-refractivity contribution in [3.63, 3.8) is 0 Å². The van der Waals surface area contributed by atoms with Gasteiger partial charge >= 0.3 is 12.1 Å². The van der Waals surface area contributed by atoms with Crippen LogP contribution in [0.5, 0.6) is 5.75 Å². The molecule has 2 atom stereocenters. The van der Waals surface area contributed by atoms with Crippen LogP contribution < -0.4 is 10.1 Å². The number of carbonyl (C=O) groups is 3. The first-order valence-electron chi connectivity index (χ1n) is 16.1. The molecule has 0 aliphatic carbocycles. The maximum Gasteiger partial charge on any atom is 0.416 e. The van der Waals surface area contributed by atoms with Crippen LogP contribution in [0.1, 0.15) is 38.2 Å². The standard InChI is InChI=1S/C40H32ClF3N2O5/c41-33-17-12-29(13-18-33)38(48)46-23-31-21-34(51-24-26-8-15-32(16-9-26)40(42,43)44)19-14-30(31)22-36(46)37(47)45-35(39(49)50)20-25-6-10-28(11-7-25)27-4-2-1-3-5-27/h1-19,21,35-36H,20,22-24H2,(H,45,47)(H,49,50)/t35-,36-/m0/s1. The first-order valence-corrected chi connectivity index (χ1v) is 16.5. The molecule has 2 N–H and O–H groups in total. The summed E-state index contributed by atoms with van der Waals surface area (Å²) in [5, 5.41) is 13.2. The van der Waals surface area contributed by atoms with Crippen LogP contribution in [0, 0.1) is 0 Å². The number of halogens is 4. The minimum absolute atomic E-state index is 0.0148. The van der Waals surface area contributed by atoms with Gasteiger partial charge in [-0.15, -0.1) is 0 Å². The Kier molecular flexibility index (Phi) is 10.4. The molecule has 0 aromatic heterocycles. The van der Waals surface area contributed by atoms with E-state index in [1.165, 1.54) is 17.0 Å². The molecule has 5 aromatic carbocycles. The van der Waals surface area contributed by atoms with E-state index in [-0.39, 0.29) is 26.0 Å². The summed E-state index contributed by atoms with van der Waals surface area (Å²) < 4.78 is 44.7. The molecule has 0 saturated carbocycles. The molecule has 7 nitrogen and oxygen atoms in total. The van der Waals surface area contributed by atoms with Crippen molar-refractivity contribution in [2.75, 3.05) is 0 Å². The number of carbonyl (C=O) groups excluding carboxylic acids is 2. The van der Waals surface area contributed by atoms with Crippen molar-refractivity contribution < 1.29 is 37.4 Å². The third-order valence-electron chi connectivity index (χ3n) is 8.76. The third kappa shape index (κ3) is 8.59. The van der Waals surface area contributed by atoms with Gasteiger partial charge in [0.1, 0.15) is 24.4 Å². The van der Waals surface area contributed by atoms with E-state index in [1.54, 1.807) is 42.5 Å². The Hall–Kier alpha value is -5.61. The van der Waals surface area contributed by atoms with Gasteiger partial charge in [0.25, 0.3) is 5.91 Å². The van der Waals surface area contributed by atoms with Crippen LogP contribution in [-0.2, 0) is 41.8 Å². The lowest BCUT2D eigenvalue weighted by Gasteiger charge is -2.36. The van der Waals surface area contributed by atoms with Crippen molar-refractivity contribution in [2.24, 2.45) is 0 Å². The average Bonchev–Trinajstić information content (AvgIpc) is 3.13. The van der Waals surface area contributed by atoms with Crippen molar-refractivity contribution >= 4 is 29.4 Å². The largest absolute Gasteiger partial charge is 0.489 e. The van der Waals surface area contributed by atoms with Crippen LogP contribution in [0.15, 0.2) is 121 Å². The molecule has 5 aromatic rings. The molecule has 0 fully saturated rings. The summed E-state index contributed by atoms with van der Waals surface area (Å²) in [4.78, 5) is 41.5. The molecule has 0 unspecified atom stereocenters. The van der Waals surface area contributed by atoms with Gasteiger partial charge in [0, 0.05) is 30.0 Å². The molecule has 2 amide bonds. The second kappa shape index (κ2) is 15.1. The number of ether oxygens (including phenoxy) is 1. The maximum absolute atomic E-state index is 13.9. The molecule has 0 saturated heterocycles. The fourth-order valence-corrected chi connectivity index (χ4v) is 6.11. The topological polar surface area (TPSA) is 95.9 Å². The van der Waals surface area contributed by atoms with Gasteiger partial charge in [-0.2, -0.15) is 13.2 Å². The van der Waals surface area contributed by atoms with Crippen molar-refractivity contribution in [1.82, 2.24) is 10.2 Å². The van der Waals surface area contributed by atoms with Crippen molar-refractivity contribution in [2.45, 2.75) is 44.3 Å². The van der Waals surface area contributed by atoms with Crippen molar-refractivity contribution in [3.8, 4) is 16.9 Å². The zero-order valence-corrected chi connectivity index (χ0v) is 27.8. The lowest BCUT2D eigenvalue weighted by atomic mass is 9.92. The van der Waals surface area contributed by atoms with E-state index < -0.39 is 41.6 Å². The fourth-order valence-electron chi connectivity index (χ4n) is 5.98. The Balaban J connectivity index is 1.20. The smallest absolute Gasteiger partial charge is 0.416 e. The van der Waals surface area contributed by atoms with Gasteiger partial charge in [0.2, 0.25) is 5.91 Å². The van der Waals surface area contributed by atoms with Gasteiger partial charge in [-0.25, -0.2) is 4.79 Å². The minimum atomic E-state index is -4.44. The summed E-state index contributed by atoms with van der Waals surface area (Å²) in [5.41, 5.74) is 4.26. The molecule has 6 rings (SSSR count). The van der Waals surface area contributed by atoms with E-state index in [1.807, 2.05) is 54.6 Å². The van der Waals surface area contributed by atoms with E-state index in [0.29, 0.717) is 33.0 Å². The Bertz CT molecular complexity index is 2020. The molecule has 11 heteroatoms. The highest BCUT2D eigenvalue weighted by Gasteiger charge is 2.37. The first-order chi connectivity index (χ1) is 24.4. The fraction of sp³-hybridized carbons (Fsp3) is 0.175. The minimum Gasteiger partial charge on any atom is -0.489 e. The molecule has 0 bridgehead atoms. The van der Waals surface area contributed by atoms with Gasteiger partial charge < -0.3 is 20.1 Å². The summed E-state index contributed by atoms with van der Waals surface area (Å²) in [5.74, 6) is -1.84.